The summed E-state index contributed by atoms with van der Waals surface area (Å²) in [5.74, 6) is 0.670. The minimum atomic E-state index is -0.862. The second-order valence-corrected chi connectivity index (χ2v) is 8.96. The van der Waals surface area contributed by atoms with Crippen LogP contribution in [0.2, 0.25) is 0 Å². The molecular formula is C23H25N3O2S. The maximum Gasteiger partial charge on any atom is 0.345 e. The van der Waals surface area contributed by atoms with Crippen molar-refractivity contribution in [3.8, 4) is 16.9 Å². The monoisotopic (exact) mass is 407 g/mol. The Morgan fingerprint density at radius 1 is 1.21 bits per heavy atom. The summed E-state index contributed by atoms with van der Waals surface area (Å²) >= 11 is 1.35. The Balaban J connectivity index is 1.82. The second-order valence-electron chi connectivity index (χ2n) is 7.87. The van der Waals surface area contributed by atoms with E-state index >= 15 is 0 Å². The number of carboxylic acids is 1. The van der Waals surface area contributed by atoms with E-state index in [-0.39, 0.29) is 0 Å². The van der Waals surface area contributed by atoms with Crippen LogP contribution in [0.4, 0.5) is 0 Å². The first-order chi connectivity index (χ1) is 13.8. The summed E-state index contributed by atoms with van der Waals surface area (Å²) in [6.07, 6.45) is 4.82. The molecule has 6 heteroatoms. The Bertz CT molecular complexity index is 1200. The number of aromatic nitrogens is 3. The van der Waals surface area contributed by atoms with Crippen LogP contribution in [0.5, 0.6) is 0 Å². The second kappa shape index (κ2) is 7.52. The summed E-state index contributed by atoms with van der Waals surface area (Å²) in [5.41, 5.74) is 5.62. The number of aryl methyl sites for hydroxylation is 3. The van der Waals surface area contributed by atoms with Gasteiger partial charge >= 0.3 is 5.97 Å². The smallest absolute Gasteiger partial charge is 0.345 e. The number of rotatable bonds is 6. The van der Waals surface area contributed by atoms with Gasteiger partial charge in [-0.05, 0) is 56.0 Å². The Labute approximate surface area is 174 Å². The molecule has 0 amide bonds. The van der Waals surface area contributed by atoms with Gasteiger partial charge in [0, 0.05) is 30.2 Å². The van der Waals surface area contributed by atoms with Crippen molar-refractivity contribution in [2.24, 2.45) is 5.92 Å². The maximum atomic E-state index is 11.4. The Morgan fingerprint density at radius 2 is 2.00 bits per heavy atom. The molecule has 1 aromatic carbocycles. The fourth-order valence-corrected chi connectivity index (χ4v) is 4.67. The van der Waals surface area contributed by atoms with Gasteiger partial charge in [-0.1, -0.05) is 19.9 Å². The van der Waals surface area contributed by atoms with Crippen LogP contribution in [-0.4, -0.2) is 25.2 Å². The zero-order valence-corrected chi connectivity index (χ0v) is 18.0. The number of hydrogen-bond acceptors (Lipinski definition) is 3. The van der Waals surface area contributed by atoms with Crippen molar-refractivity contribution < 1.29 is 9.90 Å². The Kier molecular flexibility index (Phi) is 5.04. The van der Waals surface area contributed by atoms with Crippen molar-refractivity contribution in [2.75, 3.05) is 0 Å². The van der Waals surface area contributed by atoms with Gasteiger partial charge in [0.05, 0.1) is 15.9 Å². The zero-order chi connectivity index (χ0) is 20.7. The van der Waals surface area contributed by atoms with Gasteiger partial charge in [0.15, 0.2) is 0 Å². The van der Waals surface area contributed by atoms with E-state index in [0.717, 1.165) is 40.4 Å². The zero-order valence-electron chi connectivity index (χ0n) is 17.1. The molecule has 0 aliphatic heterocycles. The average Bonchev–Trinajstić information content (AvgIpc) is 3.34. The van der Waals surface area contributed by atoms with Gasteiger partial charge in [-0.25, -0.2) is 9.78 Å². The van der Waals surface area contributed by atoms with Crippen LogP contribution in [0.3, 0.4) is 0 Å². The molecule has 29 heavy (non-hydrogen) atoms. The molecule has 4 aromatic rings. The molecule has 0 aliphatic rings. The first kappa shape index (κ1) is 19.5. The topological polar surface area (TPSA) is 60.1 Å². The number of nitrogens with zero attached hydrogens (tertiary/aromatic N) is 3. The summed E-state index contributed by atoms with van der Waals surface area (Å²) in [6, 6.07) is 10.4. The third-order valence-electron chi connectivity index (χ3n) is 5.32. The molecule has 3 aromatic heterocycles. The number of carbonyl (C=O) groups is 1. The van der Waals surface area contributed by atoms with Gasteiger partial charge in [0.1, 0.15) is 10.7 Å². The van der Waals surface area contributed by atoms with Crippen molar-refractivity contribution in [2.45, 2.75) is 40.7 Å². The van der Waals surface area contributed by atoms with E-state index < -0.39 is 5.97 Å². The number of benzene rings is 1. The largest absolute Gasteiger partial charge is 0.477 e. The van der Waals surface area contributed by atoms with Gasteiger partial charge in [-0.2, -0.15) is 0 Å². The molecule has 0 unspecified atom stereocenters. The molecule has 0 spiro atoms. The fraction of sp³-hybridized carbons (Fsp3) is 0.304. The predicted molar refractivity (Wildman–Crippen MR) is 118 cm³/mol. The molecule has 0 atom stereocenters. The highest BCUT2D eigenvalue weighted by atomic mass is 32.1. The highest BCUT2D eigenvalue weighted by molar-refractivity contribution is 7.20. The molecule has 3 heterocycles. The number of hydrogen-bond donors (Lipinski definition) is 1. The Morgan fingerprint density at radius 3 is 2.62 bits per heavy atom. The standard InChI is InChI=1S/C23H25N3O2S/c1-14(2)7-9-26-19(12-21-20(26)13-22(29-21)23(27)28)18-6-5-17(11-15(18)3)25-10-8-24-16(25)4/h5-6,8,10-14H,7,9H2,1-4H3,(H,27,28). The van der Waals surface area contributed by atoms with Gasteiger partial charge in [0.2, 0.25) is 0 Å². The molecule has 0 bridgehead atoms. The number of imidazole rings is 1. The average molecular weight is 408 g/mol. The van der Waals surface area contributed by atoms with Crippen LogP contribution in [0.25, 0.3) is 27.2 Å². The molecule has 0 radical (unpaired) electrons. The lowest BCUT2D eigenvalue weighted by molar-refractivity contribution is 0.0702. The highest BCUT2D eigenvalue weighted by Gasteiger charge is 2.18. The van der Waals surface area contributed by atoms with Crippen LogP contribution >= 0.6 is 11.3 Å². The molecule has 0 fully saturated rings. The van der Waals surface area contributed by atoms with E-state index in [1.165, 1.54) is 22.5 Å². The van der Waals surface area contributed by atoms with Gasteiger partial charge < -0.3 is 14.2 Å². The van der Waals surface area contributed by atoms with Crippen LogP contribution in [0.1, 0.15) is 41.3 Å². The number of carboxylic acid groups (broad SMARTS) is 1. The molecule has 5 nitrogen and oxygen atoms in total. The normalized spacial score (nSPS) is 11.6. The molecule has 4 rings (SSSR count). The van der Waals surface area contributed by atoms with Crippen molar-refractivity contribution in [3.05, 3.63) is 59.0 Å². The van der Waals surface area contributed by atoms with Crippen molar-refractivity contribution in [1.29, 1.82) is 0 Å². The van der Waals surface area contributed by atoms with E-state index in [2.05, 4.69) is 59.2 Å². The number of thiophene rings is 1. The molecule has 0 aliphatic carbocycles. The first-order valence-corrected chi connectivity index (χ1v) is 10.6. The third-order valence-corrected chi connectivity index (χ3v) is 6.38. The molecular weight excluding hydrogens is 382 g/mol. The summed E-state index contributed by atoms with van der Waals surface area (Å²) in [4.78, 5) is 16.1. The lowest BCUT2D eigenvalue weighted by Gasteiger charge is -2.15. The first-order valence-electron chi connectivity index (χ1n) is 9.83. The Hall–Kier alpha value is -2.86. The van der Waals surface area contributed by atoms with E-state index in [9.17, 15) is 9.90 Å². The number of fused-ring (bicyclic) bond motifs is 1. The van der Waals surface area contributed by atoms with Crippen molar-refractivity contribution in [1.82, 2.24) is 14.1 Å². The molecule has 0 saturated carbocycles. The van der Waals surface area contributed by atoms with Crippen LogP contribution in [0, 0.1) is 19.8 Å². The fourth-order valence-electron chi connectivity index (χ4n) is 3.73. The minimum Gasteiger partial charge on any atom is -0.477 e. The van der Waals surface area contributed by atoms with Crippen molar-refractivity contribution in [3.63, 3.8) is 0 Å². The van der Waals surface area contributed by atoms with E-state index in [4.69, 9.17) is 0 Å². The SMILES string of the molecule is Cc1cc(-n2ccnc2C)ccc1-c1cc2sc(C(=O)O)cc2n1CCC(C)C. The highest BCUT2D eigenvalue weighted by Crippen LogP contribution is 2.36. The van der Waals surface area contributed by atoms with Gasteiger partial charge in [-0.3, -0.25) is 0 Å². The molecule has 150 valence electrons. The lowest BCUT2D eigenvalue weighted by atomic mass is 10.0. The maximum absolute atomic E-state index is 11.4. The van der Waals surface area contributed by atoms with Crippen LogP contribution < -0.4 is 0 Å². The quantitative estimate of drug-likeness (QED) is 0.432. The lowest BCUT2D eigenvalue weighted by Crippen LogP contribution is -2.04. The van der Waals surface area contributed by atoms with E-state index in [1.54, 1.807) is 0 Å². The minimum absolute atomic E-state index is 0.391. The summed E-state index contributed by atoms with van der Waals surface area (Å²) in [6.45, 7) is 9.42. The van der Waals surface area contributed by atoms with Crippen molar-refractivity contribution >= 4 is 27.5 Å². The van der Waals surface area contributed by atoms with E-state index in [1.807, 2.05) is 25.4 Å². The van der Waals surface area contributed by atoms with Crippen LogP contribution in [-0.2, 0) is 6.54 Å². The van der Waals surface area contributed by atoms with Crippen LogP contribution in [0.15, 0.2) is 42.7 Å². The summed E-state index contributed by atoms with van der Waals surface area (Å²) in [7, 11) is 0. The summed E-state index contributed by atoms with van der Waals surface area (Å²) < 4.78 is 5.38. The van der Waals surface area contributed by atoms with Gasteiger partial charge in [-0.15, -0.1) is 11.3 Å². The number of aromatic carboxylic acids is 1. The molecule has 1 N–H and O–H groups in total. The molecule has 0 saturated heterocycles. The summed E-state index contributed by atoms with van der Waals surface area (Å²) in [5, 5.41) is 9.38. The van der Waals surface area contributed by atoms with Gasteiger partial charge in [0.25, 0.3) is 0 Å². The van der Waals surface area contributed by atoms with E-state index in [0.29, 0.717) is 10.8 Å². The predicted octanol–water partition coefficient (Wildman–Crippen LogP) is 5.92. The third kappa shape index (κ3) is 3.60.